The molecule has 0 saturated heterocycles. The van der Waals surface area contributed by atoms with Crippen LogP contribution in [-0.2, 0) is 6.42 Å². The number of carbonyl (C=O) groups is 1. The number of rotatable bonds is 5. The van der Waals surface area contributed by atoms with Crippen LogP contribution >= 0.6 is 11.3 Å². The molecule has 1 N–H and O–H groups in total. The normalized spacial score (nSPS) is 11.1. The molecule has 5 heteroatoms. The molecule has 3 aromatic carbocycles. The van der Waals surface area contributed by atoms with E-state index in [2.05, 4.69) is 59.7 Å². The van der Waals surface area contributed by atoms with E-state index < -0.39 is 0 Å². The summed E-state index contributed by atoms with van der Waals surface area (Å²) in [5.41, 5.74) is 6.97. The van der Waals surface area contributed by atoms with Crippen molar-refractivity contribution in [1.29, 1.82) is 0 Å². The summed E-state index contributed by atoms with van der Waals surface area (Å²) in [5.74, 6) is 0.0503. The van der Waals surface area contributed by atoms with Crippen LogP contribution in [0.2, 0.25) is 0 Å². The second-order valence-electron chi connectivity index (χ2n) is 7.68. The first-order valence-electron chi connectivity index (χ1n) is 10.6. The molecular weight excluding hydrogens is 416 g/mol. The molecule has 5 rings (SSSR count). The van der Waals surface area contributed by atoms with E-state index in [-0.39, 0.29) is 5.91 Å². The van der Waals surface area contributed by atoms with Crippen molar-refractivity contribution in [1.82, 2.24) is 4.98 Å². The van der Waals surface area contributed by atoms with Crippen molar-refractivity contribution in [2.24, 2.45) is 0 Å². The summed E-state index contributed by atoms with van der Waals surface area (Å²) >= 11 is 1.40. The number of hydrogen-bond donors (Lipinski definition) is 1. The molecular formula is C27H22N2O2S. The molecule has 0 aliphatic carbocycles. The molecule has 0 aliphatic rings. The Bertz CT molecular complexity index is 1400. The molecule has 2 heterocycles. The molecule has 1 amide bonds. The summed E-state index contributed by atoms with van der Waals surface area (Å²) in [4.78, 5) is 17.5. The van der Waals surface area contributed by atoms with Gasteiger partial charge in [0.2, 0.25) is 0 Å². The molecule has 0 unspecified atom stereocenters. The Morgan fingerprint density at radius 3 is 2.44 bits per heavy atom. The summed E-state index contributed by atoms with van der Waals surface area (Å²) in [6, 6.07) is 24.6. The number of nitrogens with one attached hydrogen (secondary N) is 1. The van der Waals surface area contributed by atoms with Crippen LogP contribution in [0.5, 0.6) is 0 Å². The van der Waals surface area contributed by atoms with Crippen LogP contribution in [0.15, 0.2) is 82.6 Å². The lowest BCUT2D eigenvalue weighted by molar-refractivity contribution is 0.0998. The first kappa shape index (κ1) is 20.2. The largest absolute Gasteiger partial charge is 0.451 e. The zero-order valence-corrected chi connectivity index (χ0v) is 18.7. The monoisotopic (exact) mass is 438 g/mol. The number of furan rings is 1. The van der Waals surface area contributed by atoms with E-state index in [1.165, 1.54) is 22.5 Å². The number of carbonyl (C=O) groups excluding carboxylic acids is 1. The summed E-state index contributed by atoms with van der Waals surface area (Å²) in [5, 5.41) is 6.37. The molecule has 5 aromatic rings. The maximum atomic E-state index is 12.9. The average Bonchev–Trinajstić information content (AvgIpc) is 3.44. The van der Waals surface area contributed by atoms with E-state index >= 15 is 0 Å². The van der Waals surface area contributed by atoms with E-state index in [0.717, 1.165) is 39.8 Å². The van der Waals surface area contributed by atoms with Gasteiger partial charge in [0.15, 0.2) is 10.9 Å². The van der Waals surface area contributed by atoms with Crippen LogP contribution in [0.4, 0.5) is 5.13 Å². The topological polar surface area (TPSA) is 55.1 Å². The number of thiazole rings is 1. The molecule has 32 heavy (non-hydrogen) atoms. The van der Waals surface area contributed by atoms with Crippen LogP contribution in [0, 0.1) is 6.92 Å². The van der Waals surface area contributed by atoms with Gasteiger partial charge in [-0.25, -0.2) is 4.98 Å². The summed E-state index contributed by atoms with van der Waals surface area (Å²) in [7, 11) is 0. The van der Waals surface area contributed by atoms with Crippen LogP contribution < -0.4 is 5.32 Å². The molecule has 0 atom stereocenters. The highest BCUT2D eigenvalue weighted by Gasteiger charge is 2.19. The number of hydrogen-bond acceptors (Lipinski definition) is 4. The Morgan fingerprint density at radius 2 is 1.69 bits per heavy atom. The van der Waals surface area contributed by atoms with Crippen molar-refractivity contribution < 1.29 is 9.21 Å². The highest BCUT2D eigenvalue weighted by atomic mass is 32.1. The smallest absolute Gasteiger partial charge is 0.293 e. The summed E-state index contributed by atoms with van der Waals surface area (Å²) in [6.45, 7) is 4.03. The lowest BCUT2D eigenvalue weighted by atomic mass is 10.0. The fourth-order valence-corrected chi connectivity index (χ4v) is 4.50. The van der Waals surface area contributed by atoms with E-state index in [4.69, 9.17) is 4.42 Å². The second kappa shape index (κ2) is 8.44. The van der Waals surface area contributed by atoms with Gasteiger partial charge in [-0.3, -0.25) is 10.1 Å². The Hall–Kier alpha value is -3.70. The maximum Gasteiger partial charge on any atom is 0.293 e. The standard InChI is InChI=1S/C27H22N2O2S/c1-3-18-9-14-24-22(15-18)17(2)25(31-24)26(30)29-27-28-23(16-32-27)21-12-10-20(11-13-21)19-7-5-4-6-8-19/h4-16H,3H2,1-2H3,(H,28,29,30). The van der Waals surface area contributed by atoms with Gasteiger partial charge in [-0.15, -0.1) is 11.3 Å². The first-order chi connectivity index (χ1) is 15.6. The minimum atomic E-state index is -0.280. The lowest BCUT2D eigenvalue weighted by Crippen LogP contribution is -2.11. The molecule has 4 nitrogen and oxygen atoms in total. The van der Waals surface area contributed by atoms with Gasteiger partial charge >= 0.3 is 0 Å². The molecule has 0 bridgehead atoms. The van der Waals surface area contributed by atoms with E-state index in [9.17, 15) is 4.79 Å². The predicted molar refractivity (Wildman–Crippen MR) is 131 cm³/mol. The van der Waals surface area contributed by atoms with Gasteiger partial charge in [0, 0.05) is 21.9 Å². The van der Waals surface area contributed by atoms with E-state index in [0.29, 0.717) is 10.9 Å². The molecule has 158 valence electrons. The number of aromatic nitrogens is 1. The summed E-state index contributed by atoms with van der Waals surface area (Å²) < 4.78 is 5.84. The number of amides is 1. The second-order valence-corrected chi connectivity index (χ2v) is 8.53. The van der Waals surface area contributed by atoms with Crippen molar-refractivity contribution in [3.8, 4) is 22.4 Å². The van der Waals surface area contributed by atoms with Crippen molar-refractivity contribution in [2.75, 3.05) is 5.32 Å². The fraction of sp³-hybridized carbons (Fsp3) is 0.111. The predicted octanol–water partition coefficient (Wildman–Crippen LogP) is 7.35. The van der Waals surface area contributed by atoms with Gasteiger partial charge in [-0.05, 0) is 42.2 Å². The zero-order chi connectivity index (χ0) is 22.1. The number of anilines is 1. The van der Waals surface area contributed by atoms with Crippen LogP contribution in [0.1, 0.15) is 28.6 Å². The maximum absolute atomic E-state index is 12.9. The van der Waals surface area contributed by atoms with Crippen molar-refractivity contribution in [3.05, 3.63) is 95.1 Å². The Kier molecular flexibility index (Phi) is 5.33. The van der Waals surface area contributed by atoms with Crippen LogP contribution in [0.25, 0.3) is 33.4 Å². The molecule has 0 saturated carbocycles. The molecule has 0 aliphatic heterocycles. The van der Waals surface area contributed by atoms with E-state index in [1.54, 1.807) is 0 Å². The zero-order valence-electron chi connectivity index (χ0n) is 17.9. The fourth-order valence-electron chi connectivity index (χ4n) is 3.79. The number of nitrogens with zero attached hydrogens (tertiary/aromatic N) is 1. The third-order valence-corrected chi connectivity index (χ3v) is 6.39. The van der Waals surface area contributed by atoms with Crippen LogP contribution in [-0.4, -0.2) is 10.9 Å². The quantitative estimate of drug-likeness (QED) is 0.312. The number of benzene rings is 3. The highest BCUT2D eigenvalue weighted by molar-refractivity contribution is 7.14. The average molecular weight is 439 g/mol. The SMILES string of the molecule is CCc1ccc2oc(C(=O)Nc3nc(-c4ccc(-c5ccccc5)cc4)cs3)c(C)c2c1. The molecule has 0 spiro atoms. The third kappa shape index (κ3) is 3.83. The highest BCUT2D eigenvalue weighted by Crippen LogP contribution is 2.30. The minimum absolute atomic E-state index is 0.280. The lowest BCUT2D eigenvalue weighted by Gasteiger charge is -2.03. The Balaban J connectivity index is 1.35. The Morgan fingerprint density at radius 1 is 0.969 bits per heavy atom. The van der Waals surface area contributed by atoms with Gasteiger partial charge in [-0.1, -0.05) is 67.6 Å². The Labute approximate surface area is 190 Å². The van der Waals surface area contributed by atoms with Gasteiger partial charge in [-0.2, -0.15) is 0 Å². The van der Waals surface area contributed by atoms with Crippen molar-refractivity contribution in [3.63, 3.8) is 0 Å². The van der Waals surface area contributed by atoms with Gasteiger partial charge in [0.25, 0.3) is 5.91 Å². The van der Waals surface area contributed by atoms with Crippen molar-refractivity contribution in [2.45, 2.75) is 20.3 Å². The molecule has 2 aromatic heterocycles. The first-order valence-corrected chi connectivity index (χ1v) is 11.4. The van der Waals surface area contributed by atoms with Gasteiger partial charge < -0.3 is 4.42 Å². The molecule has 0 fully saturated rings. The van der Waals surface area contributed by atoms with Crippen LogP contribution in [0.3, 0.4) is 0 Å². The van der Waals surface area contributed by atoms with Gasteiger partial charge in [0.05, 0.1) is 5.69 Å². The minimum Gasteiger partial charge on any atom is -0.451 e. The third-order valence-electron chi connectivity index (χ3n) is 5.63. The number of fused-ring (bicyclic) bond motifs is 1. The van der Waals surface area contributed by atoms with E-state index in [1.807, 2.05) is 42.6 Å². The number of aryl methyl sites for hydroxylation is 2. The van der Waals surface area contributed by atoms with Crippen molar-refractivity contribution >= 4 is 33.3 Å². The molecule has 0 radical (unpaired) electrons. The summed E-state index contributed by atoms with van der Waals surface area (Å²) in [6.07, 6.45) is 0.941. The van der Waals surface area contributed by atoms with Gasteiger partial charge in [0.1, 0.15) is 5.58 Å².